The second-order valence-corrected chi connectivity index (χ2v) is 4.28. The fraction of sp³-hybridized carbons (Fsp3) is 0.538. The summed E-state index contributed by atoms with van der Waals surface area (Å²) in [4.78, 5) is 4.42. The summed E-state index contributed by atoms with van der Waals surface area (Å²) in [5, 5.41) is 0. The van der Waals surface area contributed by atoms with Gasteiger partial charge < -0.3 is 15.5 Å². The molecule has 0 aliphatic heterocycles. The van der Waals surface area contributed by atoms with Crippen LogP contribution in [0.4, 0.5) is 11.4 Å². The lowest BCUT2D eigenvalue weighted by molar-refractivity contribution is 0.657. The van der Waals surface area contributed by atoms with Crippen LogP contribution in [0.1, 0.15) is 13.8 Å². The van der Waals surface area contributed by atoms with Crippen molar-refractivity contribution in [2.45, 2.75) is 19.9 Å². The molecular weight excluding hydrogens is 198 g/mol. The lowest BCUT2D eigenvalue weighted by Gasteiger charge is -2.29. The van der Waals surface area contributed by atoms with Crippen molar-refractivity contribution >= 4 is 11.4 Å². The summed E-state index contributed by atoms with van der Waals surface area (Å²) in [7, 11) is 4.10. The minimum Gasteiger partial charge on any atom is -0.378 e. The van der Waals surface area contributed by atoms with Gasteiger partial charge >= 0.3 is 0 Å². The van der Waals surface area contributed by atoms with Crippen LogP contribution in [0.5, 0.6) is 0 Å². The van der Waals surface area contributed by atoms with Gasteiger partial charge in [0.2, 0.25) is 0 Å². The van der Waals surface area contributed by atoms with E-state index in [1.807, 2.05) is 0 Å². The molecule has 0 saturated heterocycles. The third-order valence-corrected chi connectivity index (χ3v) is 2.91. The minimum atomic E-state index is 0.384. The van der Waals surface area contributed by atoms with E-state index in [4.69, 9.17) is 5.73 Å². The zero-order valence-electron chi connectivity index (χ0n) is 10.8. The maximum absolute atomic E-state index is 5.71. The molecule has 1 aromatic rings. The van der Waals surface area contributed by atoms with Crippen LogP contribution >= 0.6 is 0 Å². The molecule has 0 spiro atoms. The van der Waals surface area contributed by atoms with Gasteiger partial charge in [0.15, 0.2) is 0 Å². The van der Waals surface area contributed by atoms with Crippen LogP contribution in [0.2, 0.25) is 0 Å². The minimum absolute atomic E-state index is 0.384. The Kier molecular flexibility index (Phi) is 4.62. The Bertz CT molecular complexity index is 305. The number of rotatable bonds is 5. The van der Waals surface area contributed by atoms with Crippen LogP contribution in [0.15, 0.2) is 24.3 Å². The van der Waals surface area contributed by atoms with Crippen molar-refractivity contribution in [1.82, 2.24) is 0 Å². The monoisotopic (exact) mass is 221 g/mol. The number of nitrogens with two attached hydrogens (primary N) is 1. The fourth-order valence-corrected chi connectivity index (χ4v) is 1.82. The first kappa shape index (κ1) is 12.8. The largest absolute Gasteiger partial charge is 0.378 e. The van der Waals surface area contributed by atoms with Crippen molar-refractivity contribution in [3.63, 3.8) is 0 Å². The van der Waals surface area contributed by atoms with E-state index in [2.05, 4.69) is 62.0 Å². The third-order valence-electron chi connectivity index (χ3n) is 2.91. The highest BCUT2D eigenvalue weighted by molar-refractivity contribution is 5.56. The molecule has 1 unspecified atom stereocenters. The Morgan fingerprint density at radius 2 is 1.62 bits per heavy atom. The SMILES string of the molecule is CCN(c1ccc(N(C)C)cc1)C(C)CN. The highest BCUT2D eigenvalue weighted by Gasteiger charge is 2.10. The summed E-state index contributed by atoms with van der Waals surface area (Å²) in [5.41, 5.74) is 8.18. The molecule has 1 rings (SSSR count). The summed E-state index contributed by atoms with van der Waals surface area (Å²) in [6.45, 7) is 5.98. The molecule has 16 heavy (non-hydrogen) atoms. The Morgan fingerprint density at radius 1 is 1.12 bits per heavy atom. The maximum Gasteiger partial charge on any atom is 0.0383 e. The summed E-state index contributed by atoms with van der Waals surface area (Å²) in [6.07, 6.45) is 0. The molecule has 0 saturated carbocycles. The van der Waals surface area contributed by atoms with Crippen LogP contribution in [-0.4, -0.2) is 33.2 Å². The summed E-state index contributed by atoms with van der Waals surface area (Å²) >= 11 is 0. The quantitative estimate of drug-likeness (QED) is 0.824. The number of benzene rings is 1. The highest BCUT2D eigenvalue weighted by Crippen LogP contribution is 2.20. The first-order valence-corrected chi connectivity index (χ1v) is 5.84. The van der Waals surface area contributed by atoms with Crippen LogP contribution in [-0.2, 0) is 0 Å². The Hall–Kier alpha value is -1.22. The van der Waals surface area contributed by atoms with Crippen molar-refractivity contribution in [1.29, 1.82) is 0 Å². The van der Waals surface area contributed by atoms with Gasteiger partial charge in [-0.25, -0.2) is 0 Å². The van der Waals surface area contributed by atoms with Crippen LogP contribution in [0.3, 0.4) is 0 Å². The van der Waals surface area contributed by atoms with Gasteiger partial charge in [0.05, 0.1) is 0 Å². The summed E-state index contributed by atoms with van der Waals surface area (Å²) in [6, 6.07) is 8.98. The molecular formula is C13H23N3. The standard InChI is InChI=1S/C13H23N3/c1-5-16(11(2)10-14)13-8-6-12(7-9-13)15(3)4/h6-9,11H,5,10,14H2,1-4H3. The highest BCUT2D eigenvalue weighted by atomic mass is 15.2. The van der Waals surface area contributed by atoms with Crippen molar-refractivity contribution < 1.29 is 0 Å². The van der Waals surface area contributed by atoms with E-state index < -0.39 is 0 Å². The van der Waals surface area contributed by atoms with E-state index in [1.54, 1.807) is 0 Å². The van der Waals surface area contributed by atoms with Gasteiger partial charge in [-0.2, -0.15) is 0 Å². The van der Waals surface area contributed by atoms with Gasteiger partial charge in [0.25, 0.3) is 0 Å². The Labute approximate surface area is 98.8 Å². The van der Waals surface area contributed by atoms with Crippen molar-refractivity contribution in [3.8, 4) is 0 Å². The number of likely N-dealkylation sites (N-methyl/N-ethyl adjacent to an activating group) is 1. The van der Waals surface area contributed by atoms with E-state index in [1.165, 1.54) is 11.4 Å². The van der Waals surface area contributed by atoms with E-state index in [0.717, 1.165) is 6.54 Å². The molecule has 0 fully saturated rings. The summed E-state index contributed by atoms with van der Waals surface area (Å²) in [5.74, 6) is 0. The molecule has 0 bridgehead atoms. The topological polar surface area (TPSA) is 32.5 Å². The molecule has 0 aliphatic rings. The average Bonchev–Trinajstić information content (AvgIpc) is 2.30. The Balaban J connectivity index is 2.86. The first-order valence-electron chi connectivity index (χ1n) is 5.84. The number of hydrogen-bond acceptors (Lipinski definition) is 3. The van der Waals surface area contributed by atoms with Gasteiger partial charge in [-0.15, -0.1) is 0 Å². The van der Waals surface area contributed by atoms with E-state index >= 15 is 0 Å². The molecule has 3 nitrogen and oxygen atoms in total. The molecule has 0 amide bonds. The van der Waals surface area contributed by atoms with Crippen molar-refractivity contribution in [3.05, 3.63) is 24.3 Å². The second kappa shape index (κ2) is 5.75. The molecule has 1 atom stereocenters. The fourth-order valence-electron chi connectivity index (χ4n) is 1.82. The molecule has 90 valence electrons. The van der Waals surface area contributed by atoms with Gasteiger partial charge in [-0.05, 0) is 38.1 Å². The number of nitrogens with zero attached hydrogens (tertiary/aromatic N) is 2. The van der Waals surface area contributed by atoms with Crippen LogP contribution in [0, 0.1) is 0 Å². The van der Waals surface area contributed by atoms with E-state index in [-0.39, 0.29) is 0 Å². The second-order valence-electron chi connectivity index (χ2n) is 4.28. The lowest BCUT2D eigenvalue weighted by Crippen LogP contribution is -2.38. The zero-order chi connectivity index (χ0) is 12.1. The lowest BCUT2D eigenvalue weighted by atomic mass is 10.2. The molecule has 0 radical (unpaired) electrons. The Morgan fingerprint density at radius 3 is 2.00 bits per heavy atom. The van der Waals surface area contributed by atoms with E-state index in [9.17, 15) is 0 Å². The smallest absolute Gasteiger partial charge is 0.0383 e. The van der Waals surface area contributed by atoms with E-state index in [0.29, 0.717) is 12.6 Å². The molecule has 3 heteroatoms. The third kappa shape index (κ3) is 2.89. The molecule has 1 aromatic carbocycles. The molecule has 2 N–H and O–H groups in total. The van der Waals surface area contributed by atoms with Gasteiger partial charge in [-0.3, -0.25) is 0 Å². The van der Waals surface area contributed by atoms with Crippen molar-refractivity contribution in [2.24, 2.45) is 5.73 Å². The van der Waals surface area contributed by atoms with Gasteiger partial charge in [-0.1, -0.05) is 0 Å². The molecule has 0 aromatic heterocycles. The van der Waals surface area contributed by atoms with Crippen LogP contribution < -0.4 is 15.5 Å². The summed E-state index contributed by atoms with van der Waals surface area (Å²) < 4.78 is 0. The number of anilines is 2. The van der Waals surface area contributed by atoms with Gasteiger partial charge in [0, 0.05) is 44.6 Å². The first-order chi connectivity index (χ1) is 7.60. The molecule has 0 aliphatic carbocycles. The normalized spacial score (nSPS) is 12.3. The zero-order valence-corrected chi connectivity index (χ0v) is 10.8. The van der Waals surface area contributed by atoms with Gasteiger partial charge in [0.1, 0.15) is 0 Å². The predicted molar refractivity (Wildman–Crippen MR) is 72.3 cm³/mol. The maximum atomic E-state index is 5.71. The molecule has 0 heterocycles. The average molecular weight is 221 g/mol. The van der Waals surface area contributed by atoms with Crippen LogP contribution in [0.25, 0.3) is 0 Å². The number of hydrogen-bond donors (Lipinski definition) is 1. The predicted octanol–water partition coefficient (Wildman–Crippen LogP) is 1.93. The van der Waals surface area contributed by atoms with Crippen molar-refractivity contribution in [2.75, 3.05) is 37.0 Å².